The summed E-state index contributed by atoms with van der Waals surface area (Å²) in [4.78, 5) is 22.6. The summed E-state index contributed by atoms with van der Waals surface area (Å²) in [5.74, 6) is -1.62. The third-order valence-electron chi connectivity index (χ3n) is 2.00. The second-order valence-corrected chi connectivity index (χ2v) is 3.13. The summed E-state index contributed by atoms with van der Waals surface area (Å²) in [5.41, 5.74) is 5.66. The molecule has 0 unspecified atom stereocenters. The zero-order chi connectivity index (χ0) is 12.7. The van der Waals surface area contributed by atoms with Crippen LogP contribution in [0.25, 0.3) is 0 Å². The molecule has 1 aromatic carbocycles. The number of carbonyl (C=O) groups is 2. The molecule has 0 spiro atoms. The molecule has 90 valence electrons. The predicted molar refractivity (Wildman–Crippen MR) is 60.5 cm³/mol. The molecule has 0 aliphatic carbocycles. The highest BCUT2D eigenvalue weighted by molar-refractivity contribution is 6.13. The first-order valence-electron chi connectivity index (χ1n) is 4.90. The first-order valence-corrected chi connectivity index (χ1v) is 4.90. The van der Waals surface area contributed by atoms with Crippen molar-refractivity contribution in [1.29, 1.82) is 0 Å². The summed E-state index contributed by atoms with van der Waals surface area (Å²) >= 11 is 0. The number of benzene rings is 1. The molecule has 5 heteroatoms. The number of nitrogens with two attached hydrogens (primary N) is 1. The summed E-state index contributed by atoms with van der Waals surface area (Å²) in [6.07, 6.45) is 0.874. The molecule has 0 aliphatic heterocycles. The maximum atomic E-state index is 11.5. The maximum absolute atomic E-state index is 11.5. The van der Waals surface area contributed by atoms with E-state index in [4.69, 9.17) is 10.5 Å². The van der Waals surface area contributed by atoms with Gasteiger partial charge in [-0.25, -0.2) is 9.59 Å². The van der Waals surface area contributed by atoms with Crippen LogP contribution in [-0.2, 0) is 25.7 Å². The lowest BCUT2D eigenvalue weighted by Gasteiger charge is -2.06. The Hall–Kier alpha value is -2.30. The molecule has 0 bridgehead atoms. The average molecular weight is 235 g/mol. The van der Waals surface area contributed by atoms with Crippen LogP contribution in [0.15, 0.2) is 42.1 Å². The second kappa shape index (κ2) is 6.32. The molecule has 0 heterocycles. The van der Waals surface area contributed by atoms with Gasteiger partial charge in [-0.1, -0.05) is 30.3 Å². The number of hydrogen-bond acceptors (Lipinski definition) is 5. The van der Waals surface area contributed by atoms with E-state index in [1.165, 1.54) is 0 Å². The number of hydrogen-bond donors (Lipinski definition) is 1. The Bertz CT molecular complexity index is 425. The third kappa shape index (κ3) is 3.64. The minimum absolute atomic E-state index is 0.0774. The average Bonchev–Trinajstić information content (AvgIpc) is 2.38. The van der Waals surface area contributed by atoms with E-state index >= 15 is 0 Å². The number of ether oxygens (including phenoxy) is 2. The van der Waals surface area contributed by atoms with Crippen molar-refractivity contribution in [1.82, 2.24) is 0 Å². The van der Waals surface area contributed by atoms with Gasteiger partial charge in [0.15, 0.2) is 5.57 Å². The van der Waals surface area contributed by atoms with Crippen LogP contribution in [0.5, 0.6) is 0 Å². The van der Waals surface area contributed by atoms with Crippen LogP contribution in [-0.4, -0.2) is 19.0 Å². The Morgan fingerprint density at radius 2 is 1.88 bits per heavy atom. The Kier molecular flexibility index (Phi) is 4.75. The van der Waals surface area contributed by atoms with E-state index < -0.39 is 11.9 Å². The van der Waals surface area contributed by atoms with Crippen molar-refractivity contribution in [2.75, 3.05) is 7.11 Å². The number of esters is 2. The van der Waals surface area contributed by atoms with Gasteiger partial charge in [0, 0.05) is 6.20 Å². The lowest BCUT2D eigenvalue weighted by molar-refractivity contribution is -0.146. The fourth-order valence-electron chi connectivity index (χ4n) is 1.13. The summed E-state index contributed by atoms with van der Waals surface area (Å²) in [6, 6.07) is 9.10. The molecular formula is C12H13NO4. The van der Waals surface area contributed by atoms with E-state index in [0.717, 1.165) is 18.9 Å². The van der Waals surface area contributed by atoms with E-state index in [1.54, 1.807) is 12.1 Å². The fourth-order valence-corrected chi connectivity index (χ4v) is 1.13. The summed E-state index contributed by atoms with van der Waals surface area (Å²) < 4.78 is 9.30. The van der Waals surface area contributed by atoms with Gasteiger partial charge in [0.05, 0.1) is 7.11 Å². The molecule has 0 atom stereocenters. The van der Waals surface area contributed by atoms with Crippen molar-refractivity contribution in [3.8, 4) is 0 Å². The molecule has 0 radical (unpaired) electrons. The molecule has 0 saturated carbocycles. The van der Waals surface area contributed by atoms with Crippen LogP contribution < -0.4 is 5.73 Å². The van der Waals surface area contributed by atoms with Crippen LogP contribution in [0.1, 0.15) is 5.56 Å². The molecular weight excluding hydrogens is 222 g/mol. The van der Waals surface area contributed by atoms with Gasteiger partial charge in [-0.2, -0.15) is 0 Å². The van der Waals surface area contributed by atoms with Crippen LogP contribution in [0.2, 0.25) is 0 Å². The maximum Gasteiger partial charge on any atom is 0.347 e. The molecule has 5 nitrogen and oxygen atoms in total. The van der Waals surface area contributed by atoms with Crippen molar-refractivity contribution in [3.05, 3.63) is 47.7 Å². The predicted octanol–water partition coefficient (Wildman–Crippen LogP) is 0.745. The van der Waals surface area contributed by atoms with Gasteiger partial charge in [0.1, 0.15) is 6.61 Å². The molecule has 17 heavy (non-hydrogen) atoms. The standard InChI is InChI=1S/C12H13NO4/c1-16-11(14)10(7-13)12(15)17-8-9-5-3-2-4-6-9/h2-7H,8,13H2,1H3/b10-7-. The van der Waals surface area contributed by atoms with Gasteiger partial charge in [-0.3, -0.25) is 0 Å². The number of carbonyl (C=O) groups excluding carboxylic acids is 2. The lowest BCUT2D eigenvalue weighted by Crippen LogP contribution is -2.18. The van der Waals surface area contributed by atoms with Crippen molar-refractivity contribution in [2.45, 2.75) is 6.61 Å². The summed E-state index contributed by atoms with van der Waals surface area (Å²) in [5, 5.41) is 0. The largest absolute Gasteiger partial charge is 0.465 e. The molecule has 0 aliphatic rings. The first-order chi connectivity index (χ1) is 8.19. The van der Waals surface area contributed by atoms with Crippen molar-refractivity contribution in [2.24, 2.45) is 5.73 Å². The van der Waals surface area contributed by atoms with Crippen molar-refractivity contribution < 1.29 is 19.1 Å². The molecule has 2 N–H and O–H groups in total. The lowest BCUT2D eigenvalue weighted by atomic mass is 10.2. The van der Waals surface area contributed by atoms with Crippen molar-refractivity contribution in [3.63, 3.8) is 0 Å². The zero-order valence-electron chi connectivity index (χ0n) is 9.38. The molecule has 0 aromatic heterocycles. The molecule has 0 saturated heterocycles. The van der Waals surface area contributed by atoms with Gasteiger partial charge in [-0.05, 0) is 5.56 Å². The van der Waals surface area contributed by atoms with Gasteiger partial charge in [0.25, 0.3) is 0 Å². The van der Waals surface area contributed by atoms with Gasteiger partial charge < -0.3 is 15.2 Å². The van der Waals surface area contributed by atoms with E-state index in [0.29, 0.717) is 0 Å². The molecule has 1 rings (SSSR count). The number of rotatable bonds is 4. The molecule has 0 amide bonds. The Balaban J connectivity index is 2.58. The van der Waals surface area contributed by atoms with E-state index in [-0.39, 0.29) is 12.2 Å². The Morgan fingerprint density at radius 3 is 2.41 bits per heavy atom. The van der Waals surface area contributed by atoms with Gasteiger partial charge in [0.2, 0.25) is 0 Å². The van der Waals surface area contributed by atoms with Crippen molar-refractivity contribution >= 4 is 11.9 Å². The summed E-state index contributed by atoms with van der Waals surface area (Å²) in [7, 11) is 1.16. The third-order valence-corrected chi connectivity index (χ3v) is 2.00. The minimum atomic E-state index is -0.814. The van der Waals surface area contributed by atoms with Gasteiger partial charge in [-0.15, -0.1) is 0 Å². The monoisotopic (exact) mass is 235 g/mol. The Morgan fingerprint density at radius 1 is 1.24 bits per heavy atom. The van der Waals surface area contributed by atoms with E-state index in [2.05, 4.69) is 4.74 Å². The zero-order valence-corrected chi connectivity index (χ0v) is 9.38. The quantitative estimate of drug-likeness (QED) is 0.360. The molecule has 1 aromatic rings. The first kappa shape index (κ1) is 12.8. The van der Waals surface area contributed by atoms with E-state index in [1.807, 2.05) is 18.2 Å². The Labute approximate surface area is 98.8 Å². The van der Waals surface area contributed by atoms with Crippen LogP contribution >= 0.6 is 0 Å². The highest BCUT2D eigenvalue weighted by atomic mass is 16.5. The SMILES string of the molecule is COC(=O)/C(=C/N)C(=O)OCc1ccccc1. The van der Waals surface area contributed by atoms with Crippen LogP contribution in [0.3, 0.4) is 0 Å². The molecule has 0 fully saturated rings. The normalized spacial score (nSPS) is 10.8. The second-order valence-electron chi connectivity index (χ2n) is 3.13. The van der Waals surface area contributed by atoms with E-state index in [9.17, 15) is 9.59 Å². The topological polar surface area (TPSA) is 78.6 Å². The van der Waals surface area contributed by atoms with Crippen LogP contribution in [0, 0.1) is 0 Å². The number of methoxy groups -OCH3 is 1. The smallest absolute Gasteiger partial charge is 0.347 e. The highest BCUT2D eigenvalue weighted by Gasteiger charge is 2.19. The van der Waals surface area contributed by atoms with Gasteiger partial charge >= 0.3 is 11.9 Å². The fraction of sp³-hybridized carbons (Fsp3) is 0.167. The van der Waals surface area contributed by atoms with Crippen LogP contribution in [0.4, 0.5) is 0 Å². The minimum Gasteiger partial charge on any atom is -0.465 e. The summed E-state index contributed by atoms with van der Waals surface area (Å²) in [6.45, 7) is 0.0774. The highest BCUT2D eigenvalue weighted by Crippen LogP contribution is 2.05.